The summed E-state index contributed by atoms with van der Waals surface area (Å²) in [5, 5.41) is 9.46. The van der Waals surface area contributed by atoms with Gasteiger partial charge in [-0.2, -0.15) is 5.26 Å². The van der Waals surface area contributed by atoms with Gasteiger partial charge in [0.2, 0.25) is 5.91 Å². The second-order valence-electron chi connectivity index (χ2n) is 19.8. The minimum absolute atomic E-state index is 0.128. The summed E-state index contributed by atoms with van der Waals surface area (Å²) < 4.78 is 52.0. The highest BCUT2D eigenvalue weighted by Gasteiger charge is 2.41. The molecule has 0 radical (unpaired) electrons. The Morgan fingerprint density at radius 1 is 0.750 bits per heavy atom. The fraction of sp³-hybridized carbons (Fsp3) is 0.632. The first-order valence-electron chi connectivity index (χ1n) is 26.1. The van der Waals surface area contributed by atoms with E-state index in [1.54, 1.807) is 14.2 Å². The Balaban J connectivity index is 1.38. The van der Waals surface area contributed by atoms with Gasteiger partial charge in [-0.25, -0.2) is 4.67 Å². The lowest BCUT2D eigenvalue weighted by Gasteiger charge is -2.43. The molecular formula is C57H87N4O10P. The lowest BCUT2D eigenvalue weighted by molar-refractivity contribution is -0.255. The van der Waals surface area contributed by atoms with Gasteiger partial charge < -0.3 is 47.3 Å². The van der Waals surface area contributed by atoms with Crippen molar-refractivity contribution in [3.63, 3.8) is 0 Å². The molecule has 0 saturated carbocycles. The number of nitrogens with zero attached hydrogens (tertiary/aromatic N) is 4. The minimum Gasteiger partial charge on any atom is -0.497 e. The molecule has 7 atom stereocenters. The van der Waals surface area contributed by atoms with Crippen LogP contribution in [0, 0.1) is 29.1 Å². The maximum atomic E-state index is 13.1. The average Bonchev–Trinajstić information content (AvgIpc) is 3.37. The predicted octanol–water partition coefficient (Wildman–Crippen LogP) is 11.0. The number of rotatable bonds is 33. The van der Waals surface area contributed by atoms with E-state index in [4.69, 9.17) is 37.5 Å². The number of ether oxygens (including phenoxy) is 6. The van der Waals surface area contributed by atoms with Crippen molar-refractivity contribution < 1.29 is 47.1 Å². The van der Waals surface area contributed by atoms with Crippen molar-refractivity contribution in [1.29, 1.82) is 5.26 Å². The Bertz CT molecular complexity index is 1980. The minimum atomic E-state index is -1.57. The molecule has 4 rings (SSSR count). The second-order valence-corrected chi connectivity index (χ2v) is 21.2. The number of methoxy groups -OCH3 is 2. The van der Waals surface area contributed by atoms with E-state index in [1.807, 2.05) is 54.4 Å². The van der Waals surface area contributed by atoms with Gasteiger partial charge in [0.15, 0.2) is 6.29 Å². The van der Waals surface area contributed by atoms with Gasteiger partial charge in [0.25, 0.3) is 8.53 Å². The molecule has 1 fully saturated rings. The SMILES string of the molecule is COc1ccc(C(OC[C@H](CN(C)CCCCCCN(C)C(=O)CCCCOC2OC(COC(C)=O)C(C)C(C)C2C)OP(OCCC#N)N(C(C)C)C(C)C)(c2ccccc2)c2ccc(OC)cc2)cc1. The highest BCUT2D eigenvalue weighted by molar-refractivity contribution is 7.44. The van der Waals surface area contributed by atoms with Crippen LogP contribution in [0.3, 0.4) is 0 Å². The van der Waals surface area contributed by atoms with Crippen LogP contribution in [0.4, 0.5) is 0 Å². The zero-order chi connectivity index (χ0) is 52.6. The molecule has 0 bridgehead atoms. The Labute approximate surface area is 433 Å². The van der Waals surface area contributed by atoms with Crippen molar-refractivity contribution in [3.8, 4) is 17.6 Å². The van der Waals surface area contributed by atoms with Crippen LogP contribution in [0.5, 0.6) is 11.5 Å². The van der Waals surface area contributed by atoms with Gasteiger partial charge in [-0.1, -0.05) is 88.2 Å². The molecule has 0 aromatic heterocycles. The molecule has 6 unspecified atom stereocenters. The molecule has 14 nitrogen and oxygen atoms in total. The lowest BCUT2D eigenvalue weighted by Crippen LogP contribution is -2.47. The molecule has 0 spiro atoms. The number of carbonyl (C=O) groups is 2. The van der Waals surface area contributed by atoms with E-state index in [-0.39, 0.29) is 74.4 Å². The summed E-state index contributed by atoms with van der Waals surface area (Å²) in [6.07, 6.45) is 5.21. The molecule has 3 aromatic rings. The first-order valence-corrected chi connectivity index (χ1v) is 27.3. The highest BCUT2D eigenvalue weighted by atomic mass is 31.2. The normalized spacial score (nSPS) is 19.1. The molecular weight excluding hydrogens is 932 g/mol. The standard InChI is InChI=1S/C57H87N4O10P/c1-42(2)61(43(3)4)72(69-38-22-34-58)71-53(40-68-57(48-23-16-15-17-24-48,49-26-30-51(64-11)31-27-49)50-28-32-52(65-12)33-29-50)39-59(9)35-19-13-14-20-36-60(10)55(63)25-18-21-37-66-56-46(7)44(5)45(6)54(70-56)41-67-47(8)62/h15-17,23-24,26-33,42-46,53-54,56H,13-14,18-22,25,35-41H2,1-12H3/t44?,45?,46?,53-,54?,56?,72?/m0/s1. The van der Waals surface area contributed by atoms with Crippen LogP contribution in [0.25, 0.3) is 0 Å². The van der Waals surface area contributed by atoms with Crippen molar-refractivity contribution >= 4 is 20.4 Å². The number of unbranched alkanes of at least 4 members (excludes halogenated alkanes) is 4. The number of benzene rings is 3. The maximum Gasteiger partial charge on any atom is 0.302 e. The molecule has 0 N–H and O–H groups in total. The third kappa shape index (κ3) is 18.3. The Hall–Kier alpha value is -4.16. The summed E-state index contributed by atoms with van der Waals surface area (Å²) in [6.45, 7) is 19.8. The number of esters is 1. The molecule has 400 valence electrons. The highest BCUT2D eigenvalue weighted by Crippen LogP contribution is 2.48. The Morgan fingerprint density at radius 3 is 1.89 bits per heavy atom. The summed E-state index contributed by atoms with van der Waals surface area (Å²) in [5.74, 6) is 2.14. The summed E-state index contributed by atoms with van der Waals surface area (Å²) >= 11 is 0. The van der Waals surface area contributed by atoms with Crippen LogP contribution in [0.15, 0.2) is 78.9 Å². The zero-order valence-electron chi connectivity index (χ0n) is 45.5. The number of hydrogen-bond donors (Lipinski definition) is 0. The van der Waals surface area contributed by atoms with Crippen LogP contribution in [-0.4, -0.2) is 131 Å². The van der Waals surface area contributed by atoms with Crippen LogP contribution >= 0.6 is 8.53 Å². The summed E-state index contributed by atoms with van der Waals surface area (Å²) in [7, 11) is 5.78. The van der Waals surface area contributed by atoms with Crippen molar-refractivity contribution in [2.45, 2.75) is 143 Å². The van der Waals surface area contributed by atoms with E-state index in [0.29, 0.717) is 25.5 Å². The third-order valence-electron chi connectivity index (χ3n) is 13.8. The molecule has 1 aliphatic heterocycles. The van der Waals surface area contributed by atoms with Crippen molar-refractivity contribution in [1.82, 2.24) is 14.5 Å². The molecule has 72 heavy (non-hydrogen) atoms. The third-order valence-corrected chi connectivity index (χ3v) is 16.0. The van der Waals surface area contributed by atoms with Crippen LogP contribution < -0.4 is 9.47 Å². The largest absolute Gasteiger partial charge is 0.497 e. The van der Waals surface area contributed by atoms with Gasteiger partial charge >= 0.3 is 5.97 Å². The van der Waals surface area contributed by atoms with E-state index in [1.165, 1.54) is 6.92 Å². The second kappa shape index (κ2) is 31.5. The Morgan fingerprint density at radius 2 is 1.33 bits per heavy atom. The molecule has 1 aliphatic rings. The summed E-state index contributed by atoms with van der Waals surface area (Å²) in [4.78, 5) is 28.6. The van der Waals surface area contributed by atoms with Gasteiger partial charge in [-0.3, -0.25) is 9.59 Å². The van der Waals surface area contributed by atoms with E-state index in [0.717, 1.165) is 79.8 Å². The van der Waals surface area contributed by atoms with Gasteiger partial charge in [0.1, 0.15) is 29.8 Å². The molecule has 1 heterocycles. The molecule has 3 aromatic carbocycles. The van der Waals surface area contributed by atoms with Crippen LogP contribution in [0.1, 0.15) is 123 Å². The fourth-order valence-electron chi connectivity index (χ4n) is 9.31. The quantitative estimate of drug-likeness (QED) is 0.0247. The Kier molecular flexibility index (Phi) is 26.5. The van der Waals surface area contributed by atoms with Gasteiger partial charge in [0, 0.05) is 58.1 Å². The van der Waals surface area contributed by atoms with Crippen LogP contribution in [-0.2, 0) is 43.2 Å². The fourth-order valence-corrected chi connectivity index (χ4v) is 11.0. The number of likely N-dealkylation sites (N-methyl/N-ethyl adjacent to an activating group) is 1. The van der Waals surface area contributed by atoms with Gasteiger partial charge in [-0.15, -0.1) is 0 Å². The topological polar surface area (TPSA) is 141 Å². The van der Waals surface area contributed by atoms with E-state index in [9.17, 15) is 14.9 Å². The van der Waals surface area contributed by atoms with E-state index >= 15 is 0 Å². The number of carbonyl (C=O) groups excluding carboxylic acids is 2. The molecule has 15 heteroatoms. The zero-order valence-corrected chi connectivity index (χ0v) is 46.4. The lowest BCUT2D eigenvalue weighted by atomic mass is 9.79. The van der Waals surface area contributed by atoms with Crippen molar-refractivity contribution in [3.05, 3.63) is 95.6 Å². The van der Waals surface area contributed by atoms with Crippen molar-refractivity contribution in [2.75, 3.05) is 74.4 Å². The van der Waals surface area contributed by atoms with Crippen LogP contribution in [0.2, 0.25) is 0 Å². The van der Waals surface area contributed by atoms with Gasteiger partial charge in [0.05, 0.1) is 46.0 Å². The summed E-state index contributed by atoms with van der Waals surface area (Å²) in [6, 6.07) is 28.8. The smallest absolute Gasteiger partial charge is 0.302 e. The van der Waals surface area contributed by atoms with Crippen molar-refractivity contribution in [2.24, 2.45) is 17.8 Å². The monoisotopic (exact) mass is 1020 g/mol. The average molecular weight is 1020 g/mol. The van der Waals surface area contributed by atoms with E-state index in [2.05, 4.69) is 108 Å². The number of hydrogen-bond acceptors (Lipinski definition) is 13. The molecule has 1 amide bonds. The predicted molar refractivity (Wildman–Crippen MR) is 285 cm³/mol. The van der Waals surface area contributed by atoms with Gasteiger partial charge in [-0.05, 0) is 120 Å². The number of amides is 1. The maximum absolute atomic E-state index is 13.1. The molecule has 1 saturated heterocycles. The number of nitriles is 1. The van der Waals surface area contributed by atoms with E-state index < -0.39 is 20.2 Å². The first-order chi connectivity index (χ1) is 34.6. The molecule has 0 aliphatic carbocycles. The summed E-state index contributed by atoms with van der Waals surface area (Å²) in [5.41, 5.74) is 1.78. The first kappa shape index (κ1) is 60.4.